The second-order valence-electron chi connectivity index (χ2n) is 6.67. The number of fused-ring (bicyclic) bond motifs is 1. The maximum atomic E-state index is 12.8. The van der Waals surface area contributed by atoms with E-state index in [4.69, 9.17) is 5.73 Å². The molecule has 2 amide bonds. The Kier molecular flexibility index (Phi) is 4.66. The lowest BCUT2D eigenvalue weighted by Gasteiger charge is -2.37. The zero-order valence-electron chi connectivity index (χ0n) is 13.7. The molecule has 1 aromatic rings. The van der Waals surface area contributed by atoms with Crippen LogP contribution in [-0.2, 0) is 22.6 Å². The Morgan fingerprint density at radius 2 is 1.78 bits per heavy atom. The molecule has 2 aliphatic heterocycles. The molecule has 0 aromatic heterocycles. The van der Waals surface area contributed by atoms with Gasteiger partial charge in [0.15, 0.2) is 0 Å². The van der Waals surface area contributed by atoms with Crippen LogP contribution in [0.25, 0.3) is 0 Å². The Balaban J connectivity index is 1.59. The largest absolute Gasteiger partial charge is 0.369 e. The SMILES string of the molecule is CC(C(=O)N1CCC(C(N)=O)CC1)N1CCc2ccccc2C1. The number of piperidine rings is 1. The highest BCUT2D eigenvalue weighted by atomic mass is 16.2. The molecular weight excluding hydrogens is 290 g/mol. The predicted molar refractivity (Wildman–Crippen MR) is 88.5 cm³/mol. The van der Waals surface area contributed by atoms with E-state index in [0.717, 1.165) is 19.5 Å². The Morgan fingerprint density at radius 1 is 1.13 bits per heavy atom. The number of hydrogen-bond acceptors (Lipinski definition) is 3. The first-order chi connectivity index (χ1) is 11.1. The molecule has 1 fully saturated rings. The molecule has 2 aliphatic rings. The van der Waals surface area contributed by atoms with E-state index in [1.807, 2.05) is 11.8 Å². The highest BCUT2D eigenvalue weighted by Gasteiger charge is 2.31. The lowest BCUT2D eigenvalue weighted by molar-refractivity contribution is -0.139. The highest BCUT2D eigenvalue weighted by Crippen LogP contribution is 2.23. The maximum absolute atomic E-state index is 12.8. The van der Waals surface area contributed by atoms with Gasteiger partial charge in [0.05, 0.1) is 6.04 Å². The van der Waals surface area contributed by atoms with Gasteiger partial charge in [-0.1, -0.05) is 24.3 Å². The summed E-state index contributed by atoms with van der Waals surface area (Å²) in [5.74, 6) is -0.138. The fourth-order valence-corrected chi connectivity index (χ4v) is 3.65. The third-order valence-corrected chi connectivity index (χ3v) is 5.27. The van der Waals surface area contributed by atoms with Gasteiger partial charge in [-0.3, -0.25) is 14.5 Å². The molecule has 1 unspecified atom stereocenters. The van der Waals surface area contributed by atoms with Crippen molar-refractivity contribution in [3.63, 3.8) is 0 Å². The van der Waals surface area contributed by atoms with Gasteiger partial charge in [-0.05, 0) is 37.3 Å². The Bertz CT molecular complexity index is 594. The number of benzene rings is 1. The summed E-state index contributed by atoms with van der Waals surface area (Å²) in [6.45, 7) is 5.03. The topological polar surface area (TPSA) is 66.6 Å². The summed E-state index contributed by atoms with van der Waals surface area (Å²) in [5.41, 5.74) is 8.08. The van der Waals surface area contributed by atoms with E-state index in [-0.39, 0.29) is 23.8 Å². The van der Waals surface area contributed by atoms with Crippen LogP contribution in [0.2, 0.25) is 0 Å². The molecule has 2 heterocycles. The molecule has 0 bridgehead atoms. The summed E-state index contributed by atoms with van der Waals surface area (Å²) in [6, 6.07) is 8.34. The third-order valence-electron chi connectivity index (χ3n) is 5.27. The molecule has 0 radical (unpaired) electrons. The summed E-state index contributed by atoms with van der Waals surface area (Å²) in [6.07, 6.45) is 2.38. The average Bonchev–Trinajstić information content (AvgIpc) is 2.60. The fourth-order valence-electron chi connectivity index (χ4n) is 3.65. The monoisotopic (exact) mass is 315 g/mol. The van der Waals surface area contributed by atoms with Gasteiger partial charge in [-0.2, -0.15) is 0 Å². The van der Waals surface area contributed by atoms with Gasteiger partial charge in [0, 0.05) is 32.1 Å². The van der Waals surface area contributed by atoms with Crippen molar-refractivity contribution in [3.05, 3.63) is 35.4 Å². The third kappa shape index (κ3) is 3.39. The molecule has 5 heteroatoms. The zero-order valence-corrected chi connectivity index (χ0v) is 13.7. The number of amides is 2. The first kappa shape index (κ1) is 16.0. The quantitative estimate of drug-likeness (QED) is 0.910. The first-order valence-corrected chi connectivity index (χ1v) is 8.45. The van der Waals surface area contributed by atoms with Crippen LogP contribution in [-0.4, -0.2) is 47.3 Å². The summed E-state index contributed by atoms with van der Waals surface area (Å²) in [7, 11) is 0. The summed E-state index contributed by atoms with van der Waals surface area (Å²) >= 11 is 0. The van der Waals surface area contributed by atoms with Crippen LogP contribution >= 0.6 is 0 Å². The maximum Gasteiger partial charge on any atom is 0.239 e. The number of likely N-dealkylation sites (tertiary alicyclic amines) is 1. The summed E-state index contributed by atoms with van der Waals surface area (Å²) in [4.78, 5) is 28.1. The van der Waals surface area contributed by atoms with E-state index in [1.54, 1.807) is 0 Å². The molecule has 3 rings (SSSR count). The van der Waals surface area contributed by atoms with Crippen molar-refractivity contribution >= 4 is 11.8 Å². The van der Waals surface area contributed by atoms with Crippen LogP contribution in [0.5, 0.6) is 0 Å². The van der Waals surface area contributed by atoms with Gasteiger partial charge in [0.2, 0.25) is 11.8 Å². The molecule has 0 saturated carbocycles. The molecule has 124 valence electrons. The zero-order chi connectivity index (χ0) is 16.4. The van der Waals surface area contributed by atoms with Gasteiger partial charge < -0.3 is 10.6 Å². The van der Waals surface area contributed by atoms with Crippen molar-refractivity contribution < 1.29 is 9.59 Å². The first-order valence-electron chi connectivity index (χ1n) is 8.45. The van der Waals surface area contributed by atoms with Crippen LogP contribution in [0.15, 0.2) is 24.3 Å². The Labute approximate surface area is 137 Å². The molecule has 2 N–H and O–H groups in total. The molecular formula is C18H25N3O2. The minimum Gasteiger partial charge on any atom is -0.369 e. The highest BCUT2D eigenvalue weighted by molar-refractivity contribution is 5.82. The lowest BCUT2D eigenvalue weighted by Crippen LogP contribution is -2.51. The molecule has 1 aromatic carbocycles. The van der Waals surface area contributed by atoms with Gasteiger partial charge in [-0.15, -0.1) is 0 Å². The van der Waals surface area contributed by atoms with Gasteiger partial charge in [0.25, 0.3) is 0 Å². The standard InChI is InChI=1S/C18H25N3O2/c1-13(18(23)20-9-7-15(8-10-20)17(19)22)21-11-6-14-4-2-3-5-16(14)12-21/h2-5,13,15H,6-12H2,1H3,(H2,19,22). The second-order valence-corrected chi connectivity index (χ2v) is 6.67. The molecule has 1 atom stereocenters. The van der Waals surface area contributed by atoms with Gasteiger partial charge in [0.1, 0.15) is 0 Å². The normalized spacial score (nSPS) is 20.8. The van der Waals surface area contributed by atoms with Gasteiger partial charge >= 0.3 is 0 Å². The van der Waals surface area contributed by atoms with Crippen LogP contribution in [0.3, 0.4) is 0 Å². The average molecular weight is 315 g/mol. The van der Waals surface area contributed by atoms with Crippen LogP contribution in [0.1, 0.15) is 30.9 Å². The molecule has 0 aliphatic carbocycles. The lowest BCUT2D eigenvalue weighted by atomic mass is 9.95. The molecule has 23 heavy (non-hydrogen) atoms. The van der Waals surface area contributed by atoms with E-state index in [1.165, 1.54) is 11.1 Å². The Hall–Kier alpha value is -1.88. The number of carbonyl (C=O) groups is 2. The van der Waals surface area contributed by atoms with E-state index >= 15 is 0 Å². The number of nitrogens with zero attached hydrogens (tertiary/aromatic N) is 2. The van der Waals surface area contributed by atoms with E-state index in [2.05, 4.69) is 29.2 Å². The number of primary amides is 1. The summed E-state index contributed by atoms with van der Waals surface area (Å²) in [5, 5.41) is 0. The van der Waals surface area contributed by atoms with Crippen LogP contribution < -0.4 is 5.73 Å². The van der Waals surface area contributed by atoms with Crippen molar-refractivity contribution in [2.45, 2.75) is 38.8 Å². The van der Waals surface area contributed by atoms with E-state index in [0.29, 0.717) is 25.9 Å². The van der Waals surface area contributed by atoms with Gasteiger partial charge in [-0.25, -0.2) is 0 Å². The Morgan fingerprint density at radius 3 is 2.43 bits per heavy atom. The number of hydrogen-bond donors (Lipinski definition) is 1. The number of carbonyl (C=O) groups excluding carboxylic acids is 2. The number of rotatable bonds is 3. The number of nitrogens with two attached hydrogens (primary N) is 1. The smallest absolute Gasteiger partial charge is 0.239 e. The molecule has 0 spiro atoms. The minimum absolute atomic E-state index is 0.0729. The van der Waals surface area contributed by atoms with Crippen LogP contribution in [0.4, 0.5) is 0 Å². The van der Waals surface area contributed by atoms with Crippen molar-refractivity contribution in [1.82, 2.24) is 9.80 Å². The molecule has 5 nitrogen and oxygen atoms in total. The molecule has 1 saturated heterocycles. The van der Waals surface area contributed by atoms with Crippen molar-refractivity contribution in [1.29, 1.82) is 0 Å². The van der Waals surface area contributed by atoms with Crippen molar-refractivity contribution in [3.8, 4) is 0 Å². The van der Waals surface area contributed by atoms with E-state index in [9.17, 15) is 9.59 Å². The van der Waals surface area contributed by atoms with Crippen LogP contribution in [0, 0.1) is 5.92 Å². The minimum atomic E-state index is -0.238. The van der Waals surface area contributed by atoms with Crippen molar-refractivity contribution in [2.24, 2.45) is 11.7 Å². The summed E-state index contributed by atoms with van der Waals surface area (Å²) < 4.78 is 0. The second kappa shape index (κ2) is 6.71. The van der Waals surface area contributed by atoms with E-state index < -0.39 is 0 Å². The predicted octanol–water partition coefficient (Wildman–Crippen LogP) is 1.16. The fraction of sp³-hybridized carbons (Fsp3) is 0.556. The van der Waals surface area contributed by atoms with Crippen molar-refractivity contribution in [2.75, 3.05) is 19.6 Å².